The predicted molar refractivity (Wildman–Crippen MR) is 65.6 cm³/mol. The van der Waals surface area contributed by atoms with Crippen LogP contribution in [0.25, 0.3) is 10.9 Å². The van der Waals surface area contributed by atoms with Gasteiger partial charge in [-0.2, -0.15) is 13.2 Å². The summed E-state index contributed by atoms with van der Waals surface area (Å²) in [6.07, 6.45) is -4.46. The van der Waals surface area contributed by atoms with E-state index in [0.717, 1.165) is 5.56 Å². The molecule has 0 bridgehead atoms. The van der Waals surface area contributed by atoms with Crippen molar-refractivity contribution in [2.75, 3.05) is 0 Å². The van der Waals surface area contributed by atoms with Crippen LogP contribution in [0.3, 0.4) is 0 Å². The van der Waals surface area contributed by atoms with Gasteiger partial charge in [0.1, 0.15) is 0 Å². The molecule has 2 aromatic rings. The van der Waals surface area contributed by atoms with Crippen molar-refractivity contribution in [1.29, 1.82) is 0 Å². The Balaban J connectivity index is 2.62. The van der Waals surface area contributed by atoms with Crippen LogP contribution in [0, 0.1) is 6.92 Å². The summed E-state index contributed by atoms with van der Waals surface area (Å²) in [5.41, 5.74) is 2.66. The Morgan fingerprint density at radius 3 is 2.50 bits per heavy atom. The number of fused-ring (bicyclic) bond motifs is 1. The lowest BCUT2D eigenvalue weighted by Crippen LogP contribution is -2.12. The first kappa shape index (κ1) is 12.9. The third kappa shape index (κ3) is 2.81. The van der Waals surface area contributed by atoms with Gasteiger partial charge in [-0.25, -0.2) is 0 Å². The Kier molecular flexibility index (Phi) is 3.28. The van der Waals surface area contributed by atoms with Crippen LogP contribution in [0.5, 0.6) is 0 Å². The predicted octanol–water partition coefficient (Wildman–Crippen LogP) is 4.21. The van der Waals surface area contributed by atoms with Crippen molar-refractivity contribution >= 4 is 10.9 Å². The SMILES string of the molecule is CCc1cc(CC(F)(F)F)c2ccc(C)cc2n1. The molecule has 0 fully saturated rings. The second-order valence-electron chi connectivity index (χ2n) is 4.44. The smallest absolute Gasteiger partial charge is 0.253 e. The number of alkyl halides is 3. The van der Waals surface area contributed by atoms with Gasteiger partial charge in [-0.05, 0) is 36.6 Å². The molecule has 0 unspecified atom stereocenters. The van der Waals surface area contributed by atoms with Crippen LogP contribution < -0.4 is 0 Å². The minimum Gasteiger partial charge on any atom is -0.253 e. The van der Waals surface area contributed by atoms with Crippen LogP contribution in [0.2, 0.25) is 0 Å². The van der Waals surface area contributed by atoms with Crippen LogP contribution >= 0.6 is 0 Å². The number of benzene rings is 1. The third-order valence-corrected chi connectivity index (χ3v) is 2.86. The molecule has 0 atom stereocenters. The van der Waals surface area contributed by atoms with Gasteiger partial charge in [0.05, 0.1) is 11.9 Å². The summed E-state index contributed by atoms with van der Waals surface area (Å²) < 4.78 is 37.7. The molecular weight excluding hydrogens is 239 g/mol. The molecule has 0 saturated heterocycles. The number of aryl methyl sites for hydroxylation is 2. The fraction of sp³-hybridized carbons (Fsp3) is 0.357. The minimum atomic E-state index is -4.19. The van der Waals surface area contributed by atoms with Crippen molar-refractivity contribution in [3.8, 4) is 0 Å². The average Bonchev–Trinajstić information content (AvgIpc) is 2.25. The Labute approximate surface area is 104 Å². The number of hydrogen-bond acceptors (Lipinski definition) is 1. The zero-order chi connectivity index (χ0) is 13.3. The average molecular weight is 253 g/mol. The number of halogens is 3. The van der Waals surface area contributed by atoms with Gasteiger partial charge in [0.15, 0.2) is 0 Å². The Morgan fingerprint density at radius 2 is 1.89 bits per heavy atom. The fourth-order valence-corrected chi connectivity index (χ4v) is 2.01. The summed E-state index contributed by atoms with van der Waals surface area (Å²) in [7, 11) is 0. The molecular formula is C14H14F3N. The summed E-state index contributed by atoms with van der Waals surface area (Å²) in [4.78, 5) is 4.38. The van der Waals surface area contributed by atoms with Gasteiger partial charge < -0.3 is 0 Å². The van der Waals surface area contributed by atoms with Gasteiger partial charge >= 0.3 is 6.18 Å². The van der Waals surface area contributed by atoms with Crippen molar-refractivity contribution in [3.05, 3.63) is 41.1 Å². The Morgan fingerprint density at radius 1 is 1.17 bits per heavy atom. The van der Waals surface area contributed by atoms with Crippen LogP contribution in [0.15, 0.2) is 24.3 Å². The molecule has 1 heterocycles. The molecule has 0 aliphatic carbocycles. The molecule has 2 rings (SSSR count). The first-order chi connectivity index (χ1) is 8.39. The highest BCUT2D eigenvalue weighted by atomic mass is 19.4. The molecule has 0 radical (unpaired) electrons. The minimum absolute atomic E-state index is 0.310. The molecule has 4 heteroatoms. The van der Waals surface area contributed by atoms with E-state index in [1.54, 1.807) is 12.1 Å². The van der Waals surface area contributed by atoms with Crippen molar-refractivity contribution < 1.29 is 13.2 Å². The van der Waals surface area contributed by atoms with E-state index in [9.17, 15) is 13.2 Å². The largest absolute Gasteiger partial charge is 0.393 e. The normalized spacial score (nSPS) is 12.1. The van der Waals surface area contributed by atoms with Crippen molar-refractivity contribution in [2.24, 2.45) is 0 Å². The highest BCUT2D eigenvalue weighted by Gasteiger charge is 2.28. The van der Waals surface area contributed by atoms with Crippen LogP contribution in [0.1, 0.15) is 23.7 Å². The van der Waals surface area contributed by atoms with E-state index >= 15 is 0 Å². The first-order valence-electron chi connectivity index (χ1n) is 5.85. The van der Waals surface area contributed by atoms with Gasteiger partial charge in [-0.1, -0.05) is 19.1 Å². The summed E-state index contributed by atoms with van der Waals surface area (Å²) in [5, 5.41) is 0.593. The van der Waals surface area contributed by atoms with Crippen molar-refractivity contribution in [2.45, 2.75) is 32.9 Å². The van der Waals surface area contributed by atoms with Gasteiger partial charge in [-0.3, -0.25) is 4.98 Å². The van der Waals surface area contributed by atoms with Gasteiger partial charge in [0.2, 0.25) is 0 Å². The number of aromatic nitrogens is 1. The van der Waals surface area contributed by atoms with Gasteiger partial charge in [0.25, 0.3) is 0 Å². The first-order valence-corrected chi connectivity index (χ1v) is 5.85. The number of rotatable bonds is 2. The monoisotopic (exact) mass is 253 g/mol. The molecule has 0 saturated carbocycles. The highest BCUT2D eigenvalue weighted by Crippen LogP contribution is 2.27. The number of nitrogens with zero attached hydrogens (tertiary/aromatic N) is 1. The zero-order valence-electron chi connectivity index (χ0n) is 10.3. The van der Waals surface area contributed by atoms with Crippen LogP contribution in [0.4, 0.5) is 13.2 Å². The van der Waals surface area contributed by atoms with E-state index in [1.165, 1.54) is 0 Å². The molecule has 1 nitrogen and oxygen atoms in total. The molecule has 0 amide bonds. The van der Waals surface area contributed by atoms with E-state index in [-0.39, 0.29) is 0 Å². The molecule has 1 aromatic heterocycles. The van der Waals surface area contributed by atoms with E-state index in [1.807, 2.05) is 26.0 Å². The van der Waals surface area contributed by atoms with E-state index in [2.05, 4.69) is 4.98 Å². The lowest BCUT2D eigenvalue weighted by Gasteiger charge is -2.11. The maximum Gasteiger partial charge on any atom is 0.393 e. The summed E-state index contributed by atoms with van der Waals surface area (Å²) in [6, 6.07) is 6.92. The van der Waals surface area contributed by atoms with Gasteiger partial charge in [0, 0.05) is 11.1 Å². The summed E-state index contributed by atoms with van der Waals surface area (Å²) >= 11 is 0. The van der Waals surface area contributed by atoms with E-state index in [4.69, 9.17) is 0 Å². The van der Waals surface area contributed by atoms with Crippen molar-refractivity contribution in [3.63, 3.8) is 0 Å². The van der Waals surface area contributed by atoms with Gasteiger partial charge in [-0.15, -0.1) is 0 Å². The molecule has 96 valence electrons. The third-order valence-electron chi connectivity index (χ3n) is 2.86. The highest BCUT2D eigenvalue weighted by molar-refractivity contribution is 5.83. The number of hydrogen-bond donors (Lipinski definition) is 0. The maximum atomic E-state index is 12.6. The van der Waals surface area contributed by atoms with E-state index in [0.29, 0.717) is 28.6 Å². The second-order valence-corrected chi connectivity index (χ2v) is 4.44. The zero-order valence-corrected chi connectivity index (χ0v) is 10.3. The summed E-state index contributed by atoms with van der Waals surface area (Å²) in [5.74, 6) is 0. The molecule has 0 aliphatic heterocycles. The molecule has 0 spiro atoms. The van der Waals surface area contributed by atoms with E-state index < -0.39 is 12.6 Å². The quantitative estimate of drug-likeness (QED) is 0.781. The standard InChI is InChI=1S/C14H14F3N/c1-3-11-7-10(8-14(15,16)17)12-5-4-9(2)6-13(12)18-11/h4-7H,3,8H2,1-2H3. The lowest BCUT2D eigenvalue weighted by molar-refractivity contribution is -0.127. The molecule has 0 N–H and O–H groups in total. The molecule has 1 aromatic carbocycles. The summed E-state index contributed by atoms with van der Waals surface area (Å²) in [6.45, 7) is 3.80. The Bertz CT molecular complexity index is 573. The van der Waals surface area contributed by atoms with Crippen LogP contribution in [-0.4, -0.2) is 11.2 Å². The molecule has 0 aliphatic rings. The maximum absolute atomic E-state index is 12.6. The fourth-order valence-electron chi connectivity index (χ4n) is 2.01. The molecule has 18 heavy (non-hydrogen) atoms. The number of pyridine rings is 1. The topological polar surface area (TPSA) is 12.9 Å². The Hall–Kier alpha value is -1.58. The second kappa shape index (κ2) is 4.59. The van der Waals surface area contributed by atoms with Crippen LogP contribution in [-0.2, 0) is 12.8 Å². The van der Waals surface area contributed by atoms with Crippen molar-refractivity contribution in [1.82, 2.24) is 4.98 Å². The lowest BCUT2D eigenvalue weighted by atomic mass is 10.0.